The zero-order valence-electron chi connectivity index (χ0n) is 13.2. The molecule has 0 fully saturated rings. The summed E-state index contributed by atoms with van der Waals surface area (Å²) in [6.07, 6.45) is 2.63. The Morgan fingerprint density at radius 1 is 1.33 bits per heavy atom. The van der Waals surface area contributed by atoms with Crippen molar-refractivity contribution in [2.24, 2.45) is 5.92 Å². The van der Waals surface area contributed by atoms with Crippen LogP contribution >= 0.6 is 15.9 Å². The van der Waals surface area contributed by atoms with Gasteiger partial charge < -0.3 is 10.1 Å². The summed E-state index contributed by atoms with van der Waals surface area (Å²) in [4.78, 5) is 12.1. The Bertz CT molecular complexity index is 433. The maximum Gasteiger partial charge on any atom is 0.223 e. The molecule has 1 amide bonds. The number of carbonyl (C=O) groups excluding carboxylic acids is 1. The standard InChI is InChI=1S/C17H26BrNO2/c1-4-14(5-2)16(18)12-19-17(20)9-10-21-15-8-6-7-13(3)11-15/h6-8,11,14,16H,4-5,9-10,12H2,1-3H3,(H,19,20). The summed E-state index contributed by atoms with van der Waals surface area (Å²) < 4.78 is 5.58. The van der Waals surface area contributed by atoms with Crippen molar-refractivity contribution in [2.45, 2.75) is 44.9 Å². The third kappa shape index (κ3) is 6.98. The topological polar surface area (TPSA) is 38.3 Å². The Balaban J connectivity index is 2.22. The van der Waals surface area contributed by atoms with Crippen LogP contribution in [0.25, 0.3) is 0 Å². The zero-order valence-corrected chi connectivity index (χ0v) is 14.8. The van der Waals surface area contributed by atoms with Gasteiger partial charge in [0.2, 0.25) is 5.91 Å². The minimum atomic E-state index is 0.0399. The van der Waals surface area contributed by atoms with Crippen LogP contribution in [0.1, 0.15) is 38.7 Å². The van der Waals surface area contributed by atoms with Crippen molar-refractivity contribution < 1.29 is 9.53 Å². The molecule has 4 heteroatoms. The number of benzene rings is 1. The van der Waals surface area contributed by atoms with Gasteiger partial charge in [0.1, 0.15) is 5.75 Å². The molecule has 0 aliphatic carbocycles. The number of rotatable bonds is 9. The molecule has 0 spiro atoms. The van der Waals surface area contributed by atoms with E-state index in [-0.39, 0.29) is 5.91 Å². The summed E-state index contributed by atoms with van der Waals surface area (Å²) in [6, 6.07) is 7.86. The minimum Gasteiger partial charge on any atom is -0.493 e. The molecule has 1 N–H and O–H groups in total. The molecule has 0 bridgehead atoms. The number of hydrogen-bond acceptors (Lipinski definition) is 2. The second kappa shape index (κ2) is 9.82. The quantitative estimate of drug-likeness (QED) is 0.677. The summed E-state index contributed by atoms with van der Waals surface area (Å²) in [7, 11) is 0. The minimum absolute atomic E-state index is 0.0399. The van der Waals surface area contributed by atoms with Gasteiger partial charge in [-0.05, 0) is 30.5 Å². The molecule has 3 nitrogen and oxygen atoms in total. The first-order chi connectivity index (χ1) is 10.1. The maximum absolute atomic E-state index is 11.8. The van der Waals surface area contributed by atoms with Gasteiger partial charge in [-0.15, -0.1) is 0 Å². The van der Waals surface area contributed by atoms with E-state index in [1.807, 2.05) is 31.2 Å². The van der Waals surface area contributed by atoms with E-state index in [4.69, 9.17) is 4.74 Å². The van der Waals surface area contributed by atoms with E-state index >= 15 is 0 Å². The molecule has 118 valence electrons. The summed E-state index contributed by atoms with van der Waals surface area (Å²) in [5.41, 5.74) is 1.16. The lowest BCUT2D eigenvalue weighted by molar-refractivity contribution is -0.121. The lowest BCUT2D eigenvalue weighted by atomic mass is 9.99. The molecular formula is C17H26BrNO2. The molecule has 1 aromatic rings. The number of hydrogen-bond donors (Lipinski definition) is 1. The number of nitrogens with one attached hydrogen (secondary N) is 1. The molecule has 0 aliphatic rings. The predicted molar refractivity (Wildman–Crippen MR) is 91.1 cm³/mol. The summed E-state index contributed by atoms with van der Waals surface area (Å²) in [5, 5.41) is 2.96. The number of alkyl halides is 1. The number of amides is 1. The molecule has 0 saturated heterocycles. The van der Waals surface area contributed by atoms with Crippen molar-refractivity contribution >= 4 is 21.8 Å². The Morgan fingerprint density at radius 3 is 2.67 bits per heavy atom. The van der Waals surface area contributed by atoms with Gasteiger partial charge in [-0.3, -0.25) is 4.79 Å². The van der Waals surface area contributed by atoms with Gasteiger partial charge in [0, 0.05) is 11.4 Å². The first-order valence-electron chi connectivity index (χ1n) is 7.67. The fourth-order valence-electron chi connectivity index (χ4n) is 2.23. The Labute approximate surface area is 136 Å². The lowest BCUT2D eigenvalue weighted by Gasteiger charge is -2.19. The normalized spacial score (nSPS) is 12.2. The van der Waals surface area contributed by atoms with Gasteiger partial charge in [0.25, 0.3) is 0 Å². The molecule has 1 aromatic carbocycles. The van der Waals surface area contributed by atoms with E-state index in [9.17, 15) is 4.79 Å². The van der Waals surface area contributed by atoms with Crippen molar-refractivity contribution in [2.75, 3.05) is 13.2 Å². The van der Waals surface area contributed by atoms with Crippen LogP contribution in [0.2, 0.25) is 0 Å². The molecule has 0 saturated carbocycles. The van der Waals surface area contributed by atoms with Crippen molar-refractivity contribution in [3.05, 3.63) is 29.8 Å². The molecular weight excluding hydrogens is 330 g/mol. The number of carbonyl (C=O) groups is 1. The molecule has 1 unspecified atom stereocenters. The third-order valence-corrected chi connectivity index (χ3v) is 4.71. The number of ether oxygens (including phenoxy) is 1. The Kier molecular flexibility index (Phi) is 8.43. The molecule has 1 rings (SSSR count). The van der Waals surface area contributed by atoms with Gasteiger partial charge in [-0.25, -0.2) is 0 Å². The van der Waals surface area contributed by atoms with E-state index < -0.39 is 0 Å². The van der Waals surface area contributed by atoms with Crippen LogP contribution in [0.15, 0.2) is 24.3 Å². The second-order valence-electron chi connectivity index (χ2n) is 5.31. The average molecular weight is 356 g/mol. The van der Waals surface area contributed by atoms with Crippen LogP contribution in [0.3, 0.4) is 0 Å². The number of aryl methyl sites for hydroxylation is 1. The van der Waals surface area contributed by atoms with Crippen molar-refractivity contribution in [3.8, 4) is 5.75 Å². The molecule has 0 radical (unpaired) electrons. The first-order valence-corrected chi connectivity index (χ1v) is 8.58. The Morgan fingerprint density at radius 2 is 2.05 bits per heavy atom. The first kappa shape index (κ1) is 18.0. The van der Waals surface area contributed by atoms with Gasteiger partial charge in [0.05, 0.1) is 13.0 Å². The summed E-state index contributed by atoms with van der Waals surface area (Å²) >= 11 is 3.66. The third-order valence-electron chi connectivity index (χ3n) is 3.64. The van der Waals surface area contributed by atoms with Crippen LogP contribution in [-0.2, 0) is 4.79 Å². The molecule has 0 aromatic heterocycles. The lowest BCUT2D eigenvalue weighted by Crippen LogP contribution is -2.33. The predicted octanol–water partition coefficient (Wildman–Crippen LogP) is 4.08. The van der Waals surface area contributed by atoms with Crippen molar-refractivity contribution in [1.82, 2.24) is 5.32 Å². The maximum atomic E-state index is 11.8. The molecule has 21 heavy (non-hydrogen) atoms. The highest BCUT2D eigenvalue weighted by Crippen LogP contribution is 2.19. The second-order valence-corrected chi connectivity index (χ2v) is 6.49. The van der Waals surface area contributed by atoms with E-state index in [2.05, 4.69) is 35.1 Å². The van der Waals surface area contributed by atoms with Gasteiger partial charge in [-0.1, -0.05) is 54.8 Å². The van der Waals surface area contributed by atoms with Crippen LogP contribution in [-0.4, -0.2) is 23.9 Å². The smallest absolute Gasteiger partial charge is 0.223 e. The highest BCUT2D eigenvalue weighted by Gasteiger charge is 2.15. The highest BCUT2D eigenvalue weighted by molar-refractivity contribution is 9.09. The summed E-state index contributed by atoms with van der Waals surface area (Å²) in [6.45, 7) is 7.47. The average Bonchev–Trinajstić information content (AvgIpc) is 2.46. The number of halogens is 1. The largest absolute Gasteiger partial charge is 0.493 e. The molecule has 0 heterocycles. The monoisotopic (exact) mass is 355 g/mol. The van der Waals surface area contributed by atoms with E-state index in [0.29, 0.717) is 30.3 Å². The van der Waals surface area contributed by atoms with Crippen LogP contribution in [0, 0.1) is 12.8 Å². The highest BCUT2D eigenvalue weighted by atomic mass is 79.9. The fraction of sp³-hybridized carbons (Fsp3) is 0.588. The van der Waals surface area contributed by atoms with Gasteiger partial charge in [0.15, 0.2) is 0 Å². The van der Waals surface area contributed by atoms with Crippen LogP contribution in [0.4, 0.5) is 0 Å². The van der Waals surface area contributed by atoms with Crippen molar-refractivity contribution in [1.29, 1.82) is 0 Å². The van der Waals surface area contributed by atoms with Gasteiger partial charge in [-0.2, -0.15) is 0 Å². The van der Waals surface area contributed by atoms with E-state index in [1.54, 1.807) is 0 Å². The Hall–Kier alpha value is -1.03. The van der Waals surface area contributed by atoms with Crippen LogP contribution < -0.4 is 10.1 Å². The van der Waals surface area contributed by atoms with E-state index in [1.165, 1.54) is 0 Å². The van der Waals surface area contributed by atoms with Crippen LogP contribution in [0.5, 0.6) is 5.75 Å². The van der Waals surface area contributed by atoms with E-state index in [0.717, 1.165) is 24.2 Å². The zero-order chi connectivity index (χ0) is 15.7. The fourth-order valence-corrected chi connectivity index (χ4v) is 3.14. The van der Waals surface area contributed by atoms with Gasteiger partial charge >= 0.3 is 0 Å². The SMILES string of the molecule is CCC(CC)C(Br)CNC(=O)CCOc1cccc(C)c1. The summed E-state index contributed by atoms with van der Waals surface area (Å²) in [5.74, 6) is 1.46. The molecule has 1 atom stereocenters. The van der Waals surface area contributed by atoms with Crippen molar-refractivity contribution in [3.63, 3.8) is 0 Å². The molecule has 0 aliphatic heterocycles.